The number of alkyl halides is 1. The Morgan fingerprint density at radius 2 is 1.95 bits per heavy atom. The largest absolute Gasteiger partial charge is 0.508 e. The van der Waals surface area contributed by atoms with Gasteiger partial charge >= 0.3 is 6.01 Å². The van der Waals surface area contributed by atoms with Gasteiger partial charge < -0.3 is 19.5 Å². The van der Waals surface area contributed by atoms with Crippen molar-refractivity contribution in [3.63, 3.8) is 0 Å². The molecule has 8 nitrogen and oxygen atoms in total. The van der Waals surface area contributed by atoms with Gasteiger partial charge in [0.25, 0.3) is 0 Å². The minimum atomic E-state index is -0.877. The highest BCUT2D eigenvalue weighted by Gasteiger charge is 2.50. The van der Waals surface area contributed by atoms with Gasteiger partial charge in [-0.2, -0.15) is 9.97 Å². The molecule has 8 rings (SSSR count). The van der Waals surface area contributed by atoms with Gasteiger partial charge in [-0.15, -0.1) is 0 Å². The molecule has 4 saturated heterocycles. The van der Waals surface area contributed by atoms with Gasteiger partial charge in [-0.25, -0.2) is 8.78 Å². The van der Waals surface area contributed by atoms with Gasteiger partial charge in [-0.3, -0.25) is 9.88 Å². The standard InChI is InChI=1S/C30H32ClF2N5O3/c31-22-11-19(39)10-20(23(22)17-2-3-17)25-24(33)26-21(13-34-25)27(37-8-5-30(6-9-37)16-41-30)36-28(35-26)40-15-29-4-1-7-38(29)14-18(32)12-29/h10-11,13,17-18,39H,1-9,12,14-16H2/t18-,29+/m1/s1. The minimum Gasteiger partial charge on any atom is -0.508 e. The van der Waals surface area contributed by atoms with E-state index < -0.39 is 12.0 Å². The van der Waals surface area contributed by atoms with E-state index in [4.69, 9.17) is 26.1 Å². The van der Waals surface area contributed by atoms with Gasteiger partial charge in [-0.05, 0) is 68.7 Å². The smallest absolute Gasteiger partial charge is 0.319 e. The van der Waals surface area contributed by atoms with Crippen molar-refractivity contribution in [1.82, 2.24) is 19.9 Å². The molecule has 0 bridgehead atoms. The van der Waals surface area contributed by atoms with E-state index in [0.29, 0.717) is 47.8 Å². The summed E-state index contributed by atoms with van der Waals surface area (Å²) in [5.74, 6) is 0.129. The third kappa shape index (κ3) is 4.41. The topological polar surface area (TPSA) is 87.1 Å². The minimum absolute atomic E-state index is 0.0282. The number of aromatic hydroxyl groups is 1. The Morgan fingerprint density at radius 3 is 2.71 bits per heavy atom. The van der Waals surface area contributed by atoms with Crippen molar-refractivity contribution in [1.29, 1.82) is 0 Å². The van der Waals surface area contributed by atoms with Gasteiger partial charge in [0.15, 0.2) is 5.82 Å². The highest BCUT2D eigenvalue weighted by Crippen LogP contribution is 2.49. The third-order valence-corrected chi connectivity index (χ3v) is 10.1. The molecule has 0 amide bonds. The van der Waals surface area contributed by atoms with Gasteiger partial charge in [0.1, 0.15) is 35.6 Å². The van der Waals surface area contributed by atoms with E-state index in [2.05, 4.69) is 19.8 Å². The van der Waals surface area contributed by atoms with E-state index in [1.807, 2.05) is 0 Å². The van der Waals surface area contributed by atoms with Gasteiger partial charge in [0, 0.05) is 42.8 Å². The Hall–Kier alpha value is -2.82. The number of epoxide rings is 1. The summed E-state index contributed by atoms with van der Waals surface area (Å²) in [7, 11) is 0. The lowest BCUT2D eigenvalue weighted by Crippen LogP contribution is -2.43. The fourth-order valence-electron chi connectivity index (χ4n) is 7.27. The van der Waals surface area contributed by atoms with Crippen LogP contribution < -0.4 is 9.64 Å². The first-order valence-electron chi connectivity index (χ1n) is 14.6. The fraction of sp³-hybridized carbons (Fsp3) is 0.567. The quantitative estimate of drug-likeness (QED) is 0.387. The lowest BCUT2D eigenvalue weighted by atomic mass is 9.95. The molecule has 0 radical (unpaired) electrons. The van der Waals surface area contributed by atoms with Crippen molar-refractivity contribution < 1.29 is 23.4 Å². The number of anilines is 1. The number of benzene rings is 1. The molecule has 6 heterocycles. The highest BCUT2D eigenvalue weighted by atomic mass is 35.5. The summed E-state index contributed by atoms with van der Waals surface area (Å²) in [6.07, 6.45) is 6.65. The van der Waals surface area contributed by atoms with E-state index in [-0.39, 0.29) is 46.6 Å². The van der Waals surface area contributed by atoms with E-state index in [1.54, 1.807) is 6.20 Å². The maximum absolute atomic E-state index is 16.5. The molecule has 11 heteroatoms. The van der Waals surface area contributed by atoms with Crippen molar-refractivity contribution in [2.45, 2.75) is 68.2 Å². The number of phenols is 1. The molecule has 4 aliphatic heterocycles. The molecule has 1 spiro atoms. The molecule has 1 aromatic carbocycles. The molecule has 1 saturated carbocycles. The first-order chi connectivity index (χ1) is 19.8. The summed E-state index contributed by atoms with van der Waals surface area (Å²) in [6.45, 7) is 3.73. The number of fused-ring (bicyclic) bond motifs is 2. The predicted molar refractivity (Wildman–Crippen MR) is 150 cm³/mol. The molecule has 5 aliphatic rings. The van der Waals surface area contributed by atoms with E-state index in [0.717, 1.165) is 57.2 Å². The molecule has 2 atom stereocenters. The highest BCUT2D eigenvalue weighted by molar-refractivity contribution is 6.32. The average molecular weight is 584 g/mol. The molecule has 3 aromatic rings. The molecule has 1 aliphatic carbocycles. The Balaban J connectivity index is 1.21. The SMILES string of the molecule is Oc1cc(Cl)c(C2CC2)c(-c2ncc3c(N4CCC5(CC4)CO5)nc(OC[C@@]45CCCN4C[C@H](F)C5)nc3c2F)c1. The van der Waals surface area contributed by atoms with Crippen LogP contribution in [0.25, 0.3) is 22.2 Å². The fourth-order valence-corrected chi connectivity index (χ4v) is 7.63. The van der Waals surface area contributed by atoms with Crippen LogP contribution in [-0.4, -0.2) is 81.7 Å². The number of nitrogens with zero attached hydrogens (tertiary/aromatic N) is 5. The Kier molecular flexibility index (Phi) is 5.89. The summed E-state index contributed by atoms with van der Waals surface area (Å²) in [6, 6.07) is 3.09. The Morgan fingerprint density at radius 1 is 1.15 bits per heavy atom. The van der Waals surface area contributed by atoms with Crippen LogP contribution in [0.4, 0.5) is 14.6 Å². The number of halogens is 3. The number of hydrogen-bond acceptors (Lipinski definition) is 8. The van der Waals surface area contributed by atoms with Crippen LogP contribution >= 0.6 is 11.6 Å². The summed E-state index contributed by atoms with van der Waals surface area (Å²) in [5.41, 5.74) is 1.07. The van der Waals surface area contributed by atoms with E-state index in [1.165, 1.54) is 12.1 Å². The third-order valence-electron chi connectivity index (χ3n) is 9.76. The summed E-state index contributed by atoms with van der Waals surface area (Å²) in [5, 5.41) is 11.2. The van der Waals surface area contributed by atoms with Gasteiger partial charge in [0.2, 0.25) is 0 Å². The number of hydrogen-bond donors (Lipinski definition) is 1. The summed E-state index contributed by atoms with van der Waals surface area (Å²) < 4.78 is 42.8. The van der Waals surface area contributed by atoms with Crippen LogP contribution in [0.15, 0.2) is 18.3 Å². The van der Waals surface area contributed by atoms with E-state index in [9.17, 15) is 9.50 Å². The molecule has 2 aromatic heterocycles. The maximum Gasteiger partial charge on any atom is 0.319 e. The average Bonchev–Trinajstić information content (AvgIpc) is 3.86. The van der Waals surface area contributed by atoms with Crippen LogP contribution in [-0.2, 0) is 4.74 Å². The van der Waals surface area contributed by atoms with Crippen LogP contribution in [0, 0.1) is 5.82 Å². The van der Waals surface area contributed by atoms with Crippen molar-refractivity contribution in [2.24, 2.45) is 0 Å². The lowest BCUT2D eigenvalue weighted by Gasteiger charge is -2.33. The molecule has 216 valence electrons. The molecule has 1 N–H and O–H groups in total. The zero-order valence-electron chi connectivity index (χ0n) is 22.7. The number of piperidine rings is 1. The number of ether oxygens (including phenoxy) is 2. The van der Waals surface area contributed by atoms with Crippen LogP contribution in [0.5, 0.6) is 11.8 Å². The zero-order valence-corrected chi connectivity index (χ0v) is 23.5. The van der Waals surface area contributed by atoms with Crippen molar-refractivity contribution in [3.05, 3.63) is 34.7 Å². The monoisotopic (exact) mass is 583 g/mol. The second kappa shape index (κ2) is 9.34. The van der Waals surface area contributed by atoms with Gasteiger partial charge in [-0.1, -0.05) is 11.6 Å². The molecule has 0 unspecified atom stereocenters. The van der Waals surface area contributed by atoms with Crippen LogP contribution in [0.1, 0.15) is 56.4 Å². The normalized spacial score (nSPS) is 27.1. The Bertz CT molecular complexity index is 1540. The molecular formula is C30H32ClF2N5O3. The second-order valence-corrected chi connectivity index (χ2v) is 12.9. The van der Waals surface area contributed by atoms with Crippen LogP contribution in [0.3, 0.4) is 0 Å². The first kappa shape index (κ1) is 25.9. The molecule has 5 fully saturated rings. The van der Waals surface area contributed by atoms with Crippen molar-refractivity contribution in [3.8, 4) is 23.0 Å². The maximum atomic E-state index is 16.5. The van der Waals surface area contributed by atoms with E-state index >= 15 is 4.39 Å². The number of phenolic OH excluding ortho intramolecular Hbond substituents is 1. The molecule has 41 heavy (non-hydrogen) atoms. The predicted octanol–water partition coefficient (Wildman–Crippen LogP) is 5.39. The number of rotatable bonds is 6. The first-order valence-corrected chi connectivity index (χ1v) is 15.0. The second-order valence-electron chi connectivity index (χ2n) is 12.5. The number of aromatic nitrogens is 3. The summed E-state index contributed by atoms with van der Waals surface area (Å²) >= 11 is 6.52. The van der Waals surface area contributed by atoms with Crippen molar-refractivity contribution in [2.75, 3.05) is 44.3 Å². The Labute approximate surface area is 241 Å². The van der Waals surface area contributed by atoms with Crippen molar-refractivity contribution >= 4 is 28.3 Å². The lowest BCUT2D eigenvalue weighted by molar-refractivity contribution is 0.107. The van der Waals surface area contributed by atoms with Gasteiger partial charge in [0.05, 0.1) is 23.1 Å². The summed E-state index contributed by atoms with van der Waals surface area (Å²) in [4.78, 5) is 18.2. The number of pyridine rings is 1. The molecular weight excluding hydrogens is 552 g/mol. The van der Waals surface area contributed by atoms with Crippen LogP contribution in [0.2, 0.25) is 5.02 Å². The zero-order chi connectivity index (χ0) is 27.9.